The van der Waals surface area contributed by atoms with Gasteiger partial charge in [-0.3, -0.25) is 4.90 Å². The molecule has 0 radical (unpaired) electrons. The summed E-state index contributed by atoms with van der Waals surface area (Å²) in [7, 11) is 0. The van der Waals surface area contributed by atoms with E-state index in [1.165, 1.54) is 16.7 Å². The van der Waals surface area contributed by atoms with Crippen molar-refractivity contribution in [1.82, 2.24) is 4.90 Å². The maximum Gasteiger partial charge on any atom is 0.250 e. The van der Waals surface area contributed by atoms with Crippen molar-refractivity contribution >= 4 is 0 Å². The molecule has 3 heteroatoms. The summed E-state index contributed by atoms with van der Waals surface area (Å²) < 4.78 is 26.1. The number of likely N-dealkylation sites (tertiary alicyclic amines) is 1. The lowest BCUT2D eigenvalue weighted by molar-refractivity contribution is -0.0566. The van der Waals surface area contributed by atoms with Gasteiger partial charge in [0.25, 0.3) is 5.92 Å². The minimum Gasteiger partial charge on any atom is -0.299 e. The average Bonchev–Trinajstić information content (AvgIpc) is 2.26. The molecule has 0 atom stereocenters. The summed E-state index contributed by atoms with van der Waals surface area (Å²) in [5.74, 6) is -2.45. The molecule has 17 heavy (non-hydrogen) atoms. The first-order valence-corrected chi connectivity index (χ1v) is 6.13. The van der Waals surface area contributed by atoms with Crippen LogP contribution in [0.25, 0.3) is 0 Å². The van der Waals surface area contributed by atoms with E-state index >= 15 is 0 Å². The Labute approximate surface area is 101 Å². The van der Waals surface area contributed by atoms with E-state index in [2.05, 4.69) is 36.9 Å². The lowest BCUT2D eigenvalue weighted by Crippen LogP contribution is -2.38. The zero-order valence-electron chi connectivity index (χ0n) is 10.5. The van der Waals surface area contributed by atoms with Gasteiger partial charge in [-0.05, 0) is 25.0 Å². The van der Waals surface area contributed by atoms with E-state index < -0.39 is 5.92 Å². The smallest absolute Gasteiger partial charge is 0.250 e. The summed E-state index contributed by atoms with van der Waals surface area (Å²) in [6, 6.07) is 6.34. The summed E-state index contributed by atoms with van der Waals surface area (Å²) in [6.07, 6.45) is -0.00424. The molecule has 0 unspecified atom stereocenters. The molecule has 1 saturated heterocycles. The van der Waals surface area contributed by atoms with E-state index in [1.54, 1.807) is 0 Å². The van der Waals surface area contributed by atoms with Crippen LogP contribution in [0.5, 0.6) is 0 Å². The highest BCUT2D eigenvalue weighted by atomic mass is 19.3. The second-order valence-corrected chi connectivity index (χ2v) is 5.06. The van der Waals surface area contributed by atoms with Crippen LogP contribution in [-0.2, 0) is 6.54 Å². The van der Waals surface area contributed by atoms with Gasteiger partial charge in [-0.1, -0.05) is 23.8 Å². The predicted octanol–water partition coefficient (Wildman–Crippen LogP) is 3.53. The molecule has 1 heterocycles. The van der Waals surface area contributed by atoms with Gasteiger partial charge in [0.2, 0.25) is 0 Å². The van der Waals surface area contributed by atoms with Gasteiger partial charge in [0.1, 0.15) is 0 Å². The number of halogens is 2. The molecular formula is C14H19F2N. The second kappa shape index (κ2) is 4.73. The fourth-order valence-electron chi connectivity index (χ4n) is 2.25. The van der Waals surface area contributed by atoms with Gasteiger partial charge in [-0.15, -0.1) is 0 Å². The van der Waals surface area contributed by atoms with Crippen molar-refractivity contribution in [2.75, 3.05) is 13.1 Å². The molecule has 0 aromatic heterocycles. The van der Waals surface area contributed by atoms with Crippen molar-refractivity contribution in [2.24, 2.45) is 0 Å². The van der Waals surface area contributed by atoms with Gasteiger partial charge < -0.3 is 0 Å². The summed E-state index contributed by atoms with van der Waals surface area (Å²) in [5.41, 5.74) is 3.73. The second-order valence-electron chi connectivity index (χ2n) is 5.06. The topological polar surface area (TPSA) is 3.24 Å². The first-order chi connectivity index (χ1) is 7.96. The van der Waals surface area contributed by atoms with Gasteiger partial charge in [0.05, 0.1) is 0 Å². The number of hydrogen-bond acceptors (Lipinski definition) is 1. The van der Waals surface area contributed by atoms with E-state index in [1.807, 2.05) is 0 Å². The highest BCUT2D eigenvalue weighted by Crippen LogP contribution is 2.28. The van der Waals surface area contributed by atoms with Crippen molar-refractivity contribution in [2.45, 2.75) is 39.2 Å². The molecule has 0 amide bonds. The number of nitrogens with zero attached hydrogens (tertiary/aromatic N) is 1. The fourth-order valence-corrected chi connectivity index (χ4v) is 2.25. The van der Waals surface area contributed by atoms with Crippen LogP contribution in [-0.4, -0.2) is 23.9 Å². The van der Waals surface area contributed by atoms with Crippen LogP contribution in [0.3, 0.4) is 0 Å². The van der Waals surface area contributed by atoms with E-state index in [9.17, 15) is 8.78 Å². The third-order valence-electron chi connectivity index (χ3n) is 3.49. The summed E-state index contributed by atoms with van der Waals surface area (Å²) in [4.78, 5) is 2.12. The van der Waals surface area contributed by atoms with Crippen LogP contribution in [0.1, 0.15) is 29.5 Å². The average molecular weight is 239 g/mol. The number of rotatable bonds is 2. The minimum atomic E-state index is -2.45. The molecule has 1 aliphatic heterocycles. The van der Waals surface area contributed by atoms with Crippen molar-refractivity contribution in [3.05, 3.63) is 34.9 Å². The quantitative estimate of drug-likeness (QED) is 0.763. The van der Waals surface area contributed by atoms with Gasteiger partial charge in [0, 0.05) is 32.5 Å². The van der Waals surface area contributed by atoms with Gasteiger partial charge in [0.15, 0.2) is 0 Å². The monoisotopic (exact) mass is 239 g/mol. The predicted molar refractivity (Wildman–Crippen MR) is 65.4 cm³/mol. The third-order valence-corrected chi connectivity index (χ3v) is 3.49. The Hall–Kier alpha value is -0.960. The Morgan fingerprint density at radius 3 is 2.47 bits per heavy atom. The van der Waals surface area contributed by atoms with Crippen molar-refractivity contribution < 1.29 is 8.78 Å². The van der Waals surface area contributed by atoms with Gasteiger partial charge >= 0.3 is 0 Å². The highest BCUT2D eigenvalue weighted by Gasteiger charge is 2.33. The van der Waals surface area contributed by atoms with Crippen LogP contribution in [0.2, 0.25) is 0 Å². The number of benzene rings is 1. The van der Waals surface area contributed by atoms with Crippen LogP contribution < -0.4 is 0 Å². The molecule has 0 N–H and O–H groups in total. The van der Waals surface area contributed by atoms with Gasteiger partial charge in [-0.2, -0.15) is 0 Å². The van der Waals surface area contributed by atoms with Crippen LogP contribution in [0.4, 0.5) is 8.78 Å². The molecule has 0 spiro atoms. The molecule has 0 saturated carbocycles. The largest absolute Gasteiger partial charge is 0.299 e. The SMILES string of the molecule is Cc1ccc(C)c(CN2CCC(F)(F)CC2)c1. The highest BCUT2D eigenvalue weighted by molar-refractivity contribution is 5.30. The maximum absolute atomic E-state index is 13.0. The van der Waals surface area contributed by atoms with Crippen LogP contribution in [0.15, 0.2) is 18.2 Å². The molecule has 1 aliphatic rings. The Morgan fingerprint density at radius 1 is 1.18 bits per heavy atom. The molecule has 1 aromatic rings. The summed E-state index contributed by atoms with van der Waals surface area (Å²) >= 11 is 0. The molecule has 1 fully saturated rings. The standard InChI is InChI=1S/C14H19F2N/c1-11-3-4-12(2)13(9-11)10-17-7-5-14(15,16)6-8-17/h3-4,9H,5-8,10H2,1-2H3. The number of piperidine rings is 1. The fraction of sp³-hybridized carbons (Fsp3) is 0.571. The molecule has 1 nitrogen and oxygen atoms in total. The van der Waals surface area contributed by atoms with E-state index in [4.69, 9.17) is 0 Å². The summed E-state index contributed by atoms with van der Waals surface area (Å²) in [5, 5.41) is 0. The first-order valence-electron chi connectivity index (χ1n) is 6.13. The molecule has 1 aromatic carbocycles. The molecule has 0 aliphatic carbocycles. The Balaban J connectivity index is 2.00. The van der Waals surface area contributed by atoms with E-state index in [0.717, 1.165) is 6.54 Å². The minimum absolute atomic E-state index is 0.00212. The zero-order chi connectivity index (χ0) is 12.5. The third kappa shape index (κ3) is 3.25. The van der Waals surface area contributed by atoms with Crippen LogP contribution >= 0.6 is 0 Å². The van der Waals surface area contributed by atoms with E-state index in [0.29, 0.717) is 13.1 Å². The van der Waals surface area contributed by atoms with Crippen molar-refractivity contribution in [3.63, 3.8) is 0 Å². The number of aryl methyl sites for hydroxylation is 2. The van der Waals surface area contributed by atoms with Crippen LogP contribution in [0, 0.1) is 13.8 Å². The first kappa shape index (κ1) is 12.5. The van der Waals surface area contributed by atoms with E-state index in [-0.39, 0.29) is 12.8 Å². The normalized spacial score (nSPS) is 20.5. The zero-order valence-corrected chi connectivity index (χ0v) is 10.5. The Bertz CT molecular complexity index is 391. The number of hydrogen-bond donors (Lipinski definition) is 0. The Kier molecular flexibility index (Phi) is 3.48. The molecule has 94 valence electrons. The lowest BCUT2D eigenvalue weighted by Gasteiger charge is -2.32. The maximum atomic E-state index is 13.0. The number of alkyl halides is 2. The molecular weight excluding hydrogens is 220 g/mol. The van der Waals surface area contributed by atoms with Crippen molar-refractivity contribution in [3.8, 4) is 0 Å². The Morgan fingerprint density at radius 2 is 1.82 bits per heavy atom. The lowest BCUT2D eigenvalue weighted by atomic mass is 10.0. The van der Waals surface area contributed by atoms with Crippen molar-refractivity contribution in [1.29, 1.82) is 0 Å². The van der Waals surface area contributed by atoms with Gasteiger partial charge in [-0.25, -0.2) is 8.78 Å². The summed E-state index contributed by atoms with van der Waals surface area (Å²) in [6.45, 7) is 5.94. The molecule has 0 bridgehead atoms. The molecule has 2 rings (SSSR count).